The van der Waals surface area contributed by atoms with Crippen LogP contribution in [-0.4, -0.2) is 37.5 Å². The summed E-state index contributed by atoms with van der Waals surface area (Å²) in [5.74, 6) is 1.78. The zero-order valence-electron chi connectivity index (χ0n) is 23.1. The maximum atomic E-state index is 11.0. The maximum absolute atomic E-state index is 11.0. The van der Waals surface area contributed by atoms with E-state index in [1.807, 2.05) is 25.2 Å². The second-order valence-electron chi connectivity index (χ2n) is 11.4. The molecule has 196 valence electrons. The highest BCUT2D eigenvalue weighted by Crippen LogP contribution is 2.41. The van der Waals surface area contributed by atoms with Crippen molar-refractivity contribution in [2.24, 2.45) is 0 Å². The van der Waals surface area contributed by atoms with Gasteiger partial charge in [0, 0.05) is 42.3 Å². The van der Waals surface area contributed by atoms with Crippen molar-refractivity contribution in [2.75, 3.05) is 27.4 Å². The van der Waals surface area contributed by atoms with Crippen LogP contribution >= 0.6 is 0 Å². The van der Waals surface area contributed by atoms with Crippen molar-refractivity contribution in [3.05, 3.63) is 64.5 Å². The quantitative estimate of drug-likeness (QED) is 0.351. The van der Waals surface area contributed by atoms with E-state index in [0.717, 1.165) is 46.7 Å². The number of benzene rings is 2. The lowest BCUT2D eigenvalue weighted by molar-refractivity contribution is 0.202. The van der Waals surface area contributed by atoms with Gasteiger partial charge in [-0.3, -0.25) is 0 Å². The predicted molar refractivity (Wildman–Crippen MR) is 145 cm³/mol. The highest BCUT2D eigenvalue weighted by atomic mass is 16.5. The summed E-state index contributed by atoms with van der Waals surface area (Å²) in [5.41, 5.74) is 5.41. The van der Waals surface area contributed by atoms with Crippen LogP contribution < -0.4 is 10.1 Å². The number of nitrogens with one attached hydrogen (secondary N) is 1. The van der Waals surface area contributed by atoms with E-state index in [0.29, 0.717) is 31.3 Å². The molecular weight excluding hydrogens is 452 g/mol. The third kappa shape index (κ3) is 6.89. The van der Waals surface area contributed by atoms with E-state index in [4.69, 9.17) is 18.9 Å². The molecule has 0 amide bonds. The van der Waals surface area contributed by atoms with E-state index >= 15 is 0 Å². The lowest BCUT2D eigenvalue weighted by atomic mass is 9.78. The molecule has 6 heteroatoms. The molecule has 3 aromatic rings. The van der Waals surface area contributed by atoms with E-state index in [1.165, 1.54) is 5.56 Å². The molecule has 0 atom stereocenters. The molecule has 0 saturated heterocycles. The van der Waals surface area contributed by atoms with Gasteiger partial charge in [0.15, 0.2) is 0 Å². The van der Waals surface area contributed by atoms with Crippen LogP contribution in [0.3, 0.4) is 0 Å². The van der Waals surface area contributed by atoms with Crippen LogP contribution in [0.2, 0.25) is 0 Å². The van der Waals surface area contributed by atoms with Crippen molar-refractivity contribution < 1.29 is 19.0 Å². The van der Waals surface area contributed by atoms with Gasteiger partial charge >= 0.3 is 0 Å². The van der Waals surface area contributed by atoms with Crippen LogP contribution in [0.15, 0.2) is 41.0 Å². The zero-order chi connectivity index (χ0) is 26.5. The molecule has 0 aliphatic carbocycles. The number of aromatic nitrogens is 1. The normalized spacial score (nSPS) is 12.2. The molecule has 6 nitrogen and oxygen atoms in total. The standard InChI is InChI=1S/C30H42N2O4/c1-29(2,3)24-16-21(17-25(27(24)33)30(4,5)6)28-32-23(19-36-28)12-14-35-26-10-9-20(11-13-34-8)15-22(26)18-31-7/h9-10,15-17,19,31,33H,11-14,18H2,1-8H3. The SMILES string of the molecule is CNCc1cc(CCOC)ccc1OCCc1coc(-c2cc(C(C)(C)C)c(O)c(C(C)(C)C)c2)n1. The first-order valence-corrected chi connectivity index (χ1v) is 12.6. The van der Waals surface area contributed by atoms with Crippen molar-refractivity contribution in [3.8, 4) is 23.0 Å². The monoisotopic (exact) mass is 494 g/mol. The molecule has 2 aromatic carbocycles. The van der Waals surface area contributed by atoms with E-state index in [-0.39, 0.29) is 10.8 Å². The Hall–Kier alpha value is -2.83. The third-order valence-corrected chi connectivity index (χ3v) is 6.23. The van der Waals surface area contributed by atoms with Gasteiger partial charge in [-0.15, -0.1) is 0 Å². The van der Waals surface area contributed by atoms with Gasteiger partial charge in [0.25, 0.3) is 0 Å². The number of phenols is 1. The number of hydrogen-bond acceptors (Lipinski definition) is 6. The smallest absolute Gasteiger partial charge is 0.226 e. The Morgan fingerprint density at radius 2 is 1.61 bits per heavy atom. The lowest BCUT2D eigenvalue weighted by Crippen LogP contribution is -2.17. The molecule has 0 radical (unpaired) electrons. The van der Waals surface area contributed by atoms with Gasteiger partial charge < -0.3 is 24.3 Å². The first-order chi connectivity index (χ1) is 16.9. The number of ether oxygens (including phenoxy) is 2. The first-order valence-electron chi connectivity index (χ1n) is 12.6. The second-order valence-corrected chi connectivity index (χ2v) is 11.4. The number of aromatic hydroxyl groups is 1. The van der Waals surface area contributed by atoms with Gasteiger partial charge in [-0.2, -0.15) is 0 Å². The Kier molecular flexibility index (Phi) is 8.85. The van der Waals surface area contributed by atoms with Crippen LogP contribution in [0.1, 0.15) is 69.5 Å². The minimum atomic E-state index is -0.215. The van der Waals surface area contributed by atoms with Crippen molar-refractivity contribution in [1.29, 1.82) is 0 Å². The number of oxazole rings is 1. The molecule has 36 heavy (non-hydrogen) atoms. The molecule has 1 aromatic heterocycles. The Bertz CT molecular complexity index is 1120. The van der Waals surface area contributed by atoms with Crippen LogP contribution in [0, 0.1) is 0 Å². The number of rotatable bonds is 10. The third-order valence-electron chi connectivity index (χ3n) is 6.23. The summed E-state index contributed by atoms with van der Waals surface area (Å²) < 4.78 is 17.2. The lowest BCUT2D eigenvalue weighted by Gasteiger charge is -2.27. The summed E-state index contributed by atoms with van der Waals surface area (Å²) >= 11 is 0. The van der Waals surface area contributed by atoms with Crippen molar-refractivity contribution in [1.82, 2.24) is 10.3 Å². The first kappa shape index (κ1) is 27.8. The Morgan fingerprint density at radius 1 is 0.944 bits per heavy atom. The van der Waals surface area contributed by atoms with E-state index in [9.17, 15) is 5.11 Å². The van der Waals surface area contributed by atoms with Gasteiger partial charge in [0.1, 0.15) is 17.8 Å². The van der Waals surface area contributed by atoms with Gasteiger partial charge in [-0.05, 0) is 48.1 Å². The molecule has 0 fully saturated rings. The van der Waals surface area contributed by atoms with Gasteiger partial charge in [0.2, 0.25) is 5.89 Å². The van der Waals surface area contributed by atoms with Crippen LogP contribution in [-0.2, 0) is 35.0 Å². The average molecular weight is 495 g/mol. The highest BCUT2D eigenvalue weighted by Gasteiger charge is 2.27. The minimum Gasteiger partial charge on any atom is -0.507 e. The van der Waals surface area contributed by atoms with E-state index < -0.39 is 0 Å². The molecule has 0 unspecified atom stereocenters. The van der Waals surface area contributed by atoms with Crippen molar-refractivity contribution in [3.63, 3.8) is 0 Å². The zero-order valence-corrected chi connectivity index (χ0v) is 23.1. The molecule has 0 aliphatic heterocycles. The number of methoxy groups -OCH3 is 1. The fraction of sp³-hybridized carbons (Fsp3) is 0.500. The molecule has 1 heterocycles. The molecule has 0 spiro atoms. The number of nitrogens with zero attached hydrogens (tertiary/aromatic N) is 1. The second kappa shape index (κ2) is 11.5. The summed E-state index contributed by atoms with van der Waals surface area (Å²) in [4.78, 5) is 4.74. The Morgan fingerprint density at radius 3 is 2.19 bits per heavy atom. The topological polar surface area (TPSA) is 76.8 Å². The fourth-order valence-electron chi connectivity index (χ4n) is 4.20. The summed E-state index contributed by atoms with van der Waals surface area (Å²) in [5, 5.41) is 14.2. The van der Waals surface area contributed by atoms with Crippen molar-refractivity contribution in [2.45, 2.75) is 71.8 Å². The van der Waals surface area contributed by atoms with Gasteiger partial charge in [-0.25, -0.2) is 4.98 Å². The molecule has 2 N–H and O–H groups in total. The van der Waals surface area contributed by atoms with Crippen LogP contribution in [0.4, 0.5) is 0 Å². The molecular formula is C30H42N2O4. The molecule has 3 rings (SSSR count). The molecule has 0 bridgehead atoms. The molecule has 0 aliphatic rings. The predicted octanol–water partition coefficient (Wildman–Crippen LogP) is 6.17. The number of phenolic OH excluding ortho intramolecular Hbond substituents is 1. The average Bonchev–Trinajstić information content (AvgIpc) is 3.26. The van der Waals surface area contributed by atoms with Gasteiger partial charge in [-0.1, -0.05) is 53.7 Å². The Balaban J connectivity index is 1.76. The van der Waals surface area contributed by atoms with Crippen molar-refractivity contribution >= 4 is 0 Å². The highest BCUT2D eigenvalue weighted by molar-refractivity contribution is 5.63. The maximum Gasteiger partial charge on any atom is 0.226 e. The number of hydrogen-bond donors (Lipinski definition) is 2. The summed E-state index contributed by atoms with van der Waals surface area (Å²) in [7, 11) is 3.65. The Labute approximate surface area is 216 Å². The summed E-state index contributed by atoms with van der Waals surface area (Å²) in [6, 6.07) is 10.3. The summed E-state index contributed by atoms with van der Waals surface area (Å²) in [6.45, 7) is 14.5. The largest absolute Gasteiger partial charge is 0.507 e. The molecule has 0 saturated carbocycles. The van der Waals surface area contributed by atoms with Crippen LogP contribution in [0.5, 0.6) is 11.5 Å². The van der Waals surface area contributed by atoms with Gasteiger partial charge in [0.05, 0.1) is 18.9 Å². The summed E-state index contributed by atoms with van der Waals surface area (Å²) in [6.07, 6.45) is 3.20. The van der Waals surface area contributed by atoms with Crippen LogP contribution in [0.25, 0.3) is 11.5 Å². The van der Waals surface area contributed by atoms with E-state index in [2.05, 4.69) is 59.0 Å². The fourth-order valence-corrected chi connectivity index (χ4v) is 4.20. The minimum absolute atomic E-state index is 0.215. The van der Waals surface area contributed by atoms with E-state index in [1.54, 1.807) is 13.4 Å².